The maximum Gasteiger partial charge on any atom is 0.238 e. The van der Waals surface area contributed by atoms with E-state index in [-0.39, 0.29) is 24.4 Å². The SMILES string of the molecule is CCN(CC(=O)Nc1ccc(OC)cc1)[C@@H](C)C(=O)NC. The Labute approximate surface area is 125 Å². The standard InChI is InChI=1S/C15H23N3O3/c1-5-18(11(2)15(20)16-3)10-14(19)17-12-6-8-13(21-4)9-7-12/h6-9,11H,5,10H2,1-4H3,(H,16,20)(H,17,19)/t11-/m0/s1. The molecule has 6 nitrogen and oxygen atoms in total. The van der Waals surface area contributed by atoms with Gasteiger partial charge in [-0.2, -0.15) is 0 Å². The highest BCUT2D eigenvalue weighted by Crippen LogP contribution is 2.15. The third-order valence-electron chi connectivity index (χ3n) is 3.30. The molecule has 0 radical (unpaired) electrons. The van der Waals surface area contributed by atoms with E-state index in [4.69, 9.17) is 4.74 Å². The molecule has 0 spiro atoms. The van der Waals surface area contributed by atoms with Crippen LogP contribution in [-0.4, -0.2) is 50.0 Å². The summed E-state index contributed by atoms with van der Waals surface area (Å²) in [5.41, 5.74) is 0.699. The molecule has 116 valence electrons. The molecular weight excluding hydrogens is 270 g/mol. The Balaban J connectivity index is 2.59. The number of nitrogens with one attached hydrogen (secondary N) is 2. The number of anilines is 1. The first kappa shape index (κ1) is 17.0. The van der Waals surface area contributed by atoms with Crippen LogP contribution in [0.5, 0.6) is 5.75 Å². The predicted octanol–water partition coefficient (Wildman–Crippen LogP) is 1.09. The Kier molecular flexibility index (Phi) is 6.68. The van der Waals surface area contributed by atoms with Crippen molar-refractivity contribution < 1.29 is 14.3 Å². The van der Waals surface area contributed by atoms with Crippen molar-refractivity contribution in [1.29, 1.82) is 0 Å². The van der Waals surface area contributed by atoms with Gasteiger partial charge < -0.3 is 15.4 Å². The highest BCUT2D eigenvalue weighted by atomic mass is 16.5. The van der Waals surface area contributed by atoms with E-state index in [0.717, 1.165) is 5.75 Å². The van der Waals surface area contributed by atoms with E-state index in [1.165, 1.54) is 0 Å². The van der Waals surface area contributed by atoms with Gasteiger partial charge in [0.25, 0.3) is 0 Å². The first-order chi connectivity index (χ1) is 10.0. The zero-order chi connectivity index (χ0) is 15.8. The number of likely N-dealkylation sites (N-methyl/N-ethyl adjacent to an activating group) is 2. The van der Waals surface area contributed by atoms with Crippen LogP contribution in [0.15, 0.2) is 24.3 Å². The van der Waals surface area contributed by atoms with Crippen molar-refractivity contribution in [3.63, 3.8) is 0 Å². The number of rotatable bonds is 7. The number of ether oxygens (including phenoxy) is 1. The lowest BCUT2D eigenvalue weighted by molar-refractivity contribution is -0.126. The molecule has 1 aromatic rings. The average molecular weight is 293 g/mol. The number of methoxy groups -OCH3 is 1. The molecule has 0 aromatic heterocycles. The minimum atomic E-state index is -0.346. The predicted molar refractivity (Wildman–Crippen MR) is 82.4 cm³/mol. The molecule has 0 aliphatic carbocycles. The Morgan fingerprint density at radius 1 is 1.29 bits per heavy atom. The zero-order valence-corrected chi connectivity index (χ0v) is 13.0. The lowest BCUT2D eigenvalue weighted by atomic mass is 10.2. The van der Waals surface area contributed by atoms with Gasteiger partial charge >= 0.3 is 0 Å². The van der Waals surface area contributed by atoms with Crippen LogP contribution in [0.4, 0.5) is 5.69 Å². The summed E-state index contributed by atoms with van der Waals surface area (Å²) in [7, 11) is 3.18. The van der Waals surface area contributed by atoms with E-state index >= 15 is 0 Å². The average Bonchev–Trinajstić information content (AvgIpc) is 2.51. The molecule has 0 saturated carbocycles. The van der Waals surface area contributed by atoms with E-state index in [9.17, 15) is 9.59 Å². The van der Waals surface area contributed by atoms with Gasteiger partial charge in [0, 0.05) is 12.7 Å². The van der Waals surface area contributed by atoms with Gasteiger partial charge in [0.05, 0.1) is 19.7 Å². The Bertz CT molecular complexity index is 474. The molecular formula is C15H23N3O3. The second-order valence-corrected chi connectivity index (χ2v) is 4.63. The van der Waals surface area contributed by atoms with Crippen molar-refractivity contribution in [2.24, 2.45) is 0 Å². The number of hydrogen-bond donors (Lipinski definition) is 2. The first-order valence-corrected chi connectivity index (χ1v) is 6.91. The summed E-state index contributed by atoms with van der Waals surface area (Å²) < 4.78 is 5.06. The Morgan fingerprint density at radius 3 is 2.38 bits per heavy atom. The Morgan fingerprint density at radius 2 is 1.90 bits per heavy atom. The third kappa shape index (κ3) is 5.07. The van der Waals surface area contributed by atoms with Crippen LogP contribution >= 0.6 is 0 Å². The number of benzene rings is 1. The fourth-order valence-electron chi connectivity index (χ4n) is 1.96. The highest BCUT2D eigenvalue weighted by Gasteiger charge is 2.21. The first-order valence-electron chi connectivity index (χ1n) is 6.91. The summed E-state index contributed by atoms with van der Waals surface area (Å²) in [4.78, 5) is 25.5. The van der Waals surface area contributed by atoms with Crippen LogP contribution in [0.25, 0.3) is 0 Å². The molecule has 0 bridgehead atoms. The molecule has 6 heteroatoms. The molecule has 0 saturated heterocycles. The largest absolute Gasteiger partial charge is 0.497 e. The maximum absolute atomic E-state index is 12.0. The normalized spacial score (nSPS) is 11.9. The van der Waals surface area contributed by atoms with Crippen molar-refractivity contribution in [3.8, 4) is 5.75 Å². The Hall–Kier alpha value is -2.08. The number of carbonyl (C=O) groups is 2. The van der Waals surface area contributed by atoms with E-state index in [2.05, 4.69) is 10.6 Å². The van der Waals surface area contributed by atoms with Crippen molar-refractivity contribution in [2.75, 3.05) is 32.6 Å². The molecule has 21 heavy (non-hydrogen) atoms. The summed E-state index contributed by atoms with van der Waals surface area (Å²) in [6.45, 7) is 4.48. The van der Waals surface area contributed by atoms with Crippen molar-refractivity contribution >= 4 is 17.5 Å². The lowest BCUT2D eigenvalue weighted by Gasteiger charge is -2.25. The van der Waals surface area contributed by atoms with Gasteiger partial charge in [-0.05, 0) is 37.7 Å². The van der Waals surface area contributed by atoms with Gasteiger partial charge in [-0.15, -0.1) is 0 Å². The van der Waals surface area contributed by atoms with E-state index in [1.807, 2.05) is 6.92 Å². The summed E-state index contributed by atoms with van der Waals surface area (Å²) in [5.74, 6) is 0.475. The number of amides is 2. The quantitative estimate of drug-likeness (QED) is 0.789. The molecule has 0 fully saturated rings. The number of nitrogens with zero attached hydrogens (tertiary/aromatic N) is 1. The van der Waals surface area contributed by atoms with Crippen LogP contribution in [0, 0.1) is 0 Å². The minimum Gasteiger partial charge on any atom is -0.497 e. The summed E-state index contributed by atoms with van der Waals surface area (Å²) >= 11 is 0. The van der Waals surface area contributed by atoms with Gasteiger partial charge in [0.1, 0.15) is 5.75 Å². The van der Waals surface area contributed by atoms with Crippen molar-refractivity contribution in [1.82, 2.24) is 10.2 Å². The molecule has 1 aromatic carbocycles. The summed E-state index contributed by atoms with van der Waals surface area (Å²) in [5, 5.41) is 5.39. The topological polar surface area (TPSA) is 70.7 Å². The van der Waals surface area contributed by atoms with Gasteiger partial charge in [0.2, 0.25) is 11.8 Å². The number of hydrogen-bond acceptors (Lipinski definition) is 4. The van der Waals surface area contributed by atoms with Crippen LogP contribution in [0.1, 0.15) is 13.8 Å². The minimum absolute atomic E-state index is 0.103. The second kappa shape index (κ2) is 8.26. The maximum atomic E-state index is 12.0. The monoisotopic (exact) mass is 293 g/mol. The van der Waals surface area contributed by atoms with Gasteiger partial charge in [0.15, 0.2) is 0 Å². The van der Waals surface area contributed by atoms with Crippen LogP contribution in [0.3, 0.4) is 0 Å². The fraction of sp³-hybridized carbons (Fsp3) is 0.467. The highest BCUT2D eigenvalue weighted by molar-refractivity contribution is 5.92. The summed E-state index contributed by atoms with van der Waals surface area (Å²) in [6.07, 6.45) is 0. The van der Waals surface area contributed by atoms with Crippen molar-refractivity contribution in [2.45, 2.75) is 19.9 Å². The van der Waals surface area contributed by atoms with E-state index in [0.29, 0.717) is 12.2 Å². The van der Waals surface area contributed by atoms with Gasteiger partial charge in [-0.1, -0.05) is 6.92 Å². The molecule has 0 unspecified atom stereocenters. The van der Waals surface area contributed by atoms with Gasteiger partial charge in [-0.3, -0.25) is 14.5 Å². The molecule has 1 rings (SSSR count). The lowest BCUT2D eigenvalue weighted by Crippen LogP contribution is -2.47. The van der Waals surface area contributed by atoms with Crippen LogP contribution in [-0.2, 0) is 9.59 Å². The second-order valence-electron chi connectivity index (χ2n) is 4.63. The molecule has 2 amide bonds. The molecule has 0 heterocycles. The third-order valence-corrected chi connectivity index (χ3v) is 3.30. The molecule has 1 atom stereocenters. The fourth-order valence-corrected chi connectivity index (χ4v) is 1.96. The smallest absolute Gasteiger partial charge is 0.238 e. The van der Waals surface area contributed by atoms with E-state index < -0.39 is 0 Å². The van der Waals surface area contributed by atoms with Gasteiger partial charge in [-0.25, -0.2) is 0 Å². The molecule has 2 N–H and O–H groups in total. The molecule has 0 aliphatic rings. The number of carbonyl (C=O) groups excluding carboxylic acids is 2. The zero-order valence-electron chi connectivity index (χ0n) is 13.0. The van der Waals surface area contributed by atoms with E-state index in [1.54, 1.807) is 50.2 Å². The van der Waals surface area contributed by atoms with Crippen LogP contribution < -0.4 is 15.4 Å². The molecule has 0 aliphatic heterocycles. The van der Waals surface area contributed by atoms with Crippen molar-refractivity contribution in [3.05, 3.63) is 24.3 Å². The van der Waals surface area contributed by atoms with Crippen LogP contribution in [0.2, 0.25) is 0 Å². The summed E-state index contributed by atoms with van der Waals surface area (Å²) in [6, 6.07) is 6.76.